The molecule has 1 amide bonds. The van der Waals surface area contributed by atoms with Gasteiger partial charge >= 0.3 is 5.97 Å². The Bertz CT molecular complexity index is 662. The van der Waals surface area contributed by atoms with Gasteiger partial charge in [-0.05, 0) is 24.6 Å². The summed E-state index contributed by atoms with van der Waals surface area (Å²) in [6, 6.07) is 5.31. The number of carbonyl (C=O) groups is 2. The highest BCUT2D eigenvalue weighted by molar-refractivity contribution is 5.91. The van der Waals surface area contributed by atoms with Crippen molar-refractivity contribution in [2.75, 3.05) is 25.6 Å². The first kappa shape index (κ1) is 17.7. The number of hydrogen-bond acceptors (Lipinski definition) is 6. The van der Waals surface area contributed by atoms with Crippen molar-refractivity contribution in [3.8, 4) is 5.75 Å². The van der Waals surface area contributed by atoms with Crippen LogP contribution in [0.1, 0.15) is 24.3 Å². The van der Waals surface area contributed by atoms with E-state index in [4.69, 9.17) is 19.3 Å². The molecule has 0 spiro atoms. The van der Waals surface area contributed by atoms with E-state index in [-0.39, 0.29) is 37.6 Å². The zero-order chi connectivity index (χ0) is 18.0. The smallest absolute Gasteiger partial charge is 0.305 e. The highest BCUT2D eigenvalue weighted by Crippen LogP contribution is 2.47. The summed E-state index contributed by atoms with van der Waals surface area (Å²) in [5.41, 5.74) is 1.50. The van der Waals surface area contributed by atoms with E-state index in [0.29, 0.717) is 17.9 Å². The van der Waals surface area contributed by atoms with E-state index in [1.54, 1.807) is 12.1 Å². The van der Waals surface area contributed by atoms with Gasteiger partial charge in [-0.2, -0.15) is 0 Å². The van der Waals surface area contributed by atoms with E-state index in [9.17, 15) is 14.7 Å². The van der Waals surface area contributed by atoms with E-state index in [1.165, 1.54) is 7.11 Å². The van der Waals surface area contributed by atoms with E-state index >= 15 is 0 Å². The fourth-order valence-electron chi connectivity index (χ4n) is 3.49. The van der Waals surface area contributed by atoms with E-state index in [0.717, 1.165) is 5.56 Å². The highest BCUT2D eigenvalue weighted by Gasteiger charge is 2.46. The van der Waals surface area contributed by atoms with Crippen LogP contribution in [0, 0.1) is 0 Å². The predicted octanol–water partition coefficient (Wildman–Crippen LogP) is 0.741. The molecule has 0 radical (unpaired) electrons. The molecule has 0 unspecified atom stereocenters. The van der Waals surface area contributed by atoms with Gasteiger partial charge < -0.3 is 29.7 Å². The predicted molar refractivity (Wildman–Crippen MR) is 86.7 cm³/mol. The van der Waals surface area contributed by atoms with Crippen molar-refractivity contribution < 1.29 is 34.0 Å². The first-order chi connectivity index (χ1) is 12.0. The third-order valence-electron chi connectivity index (χ3n) is 4.46. The lowest BCUT2D eigenvalue weighted by molar-refractivity contribution is -0.153. The molecule has 1 aromatic rings. The number of aliphatic hydroxyl groups excluding tert-OH is 1. The monoisotopic (exact) mass is 351 g/mol. The number of benzene rings is 1. The molecule has 4 atom stereocenters. The minimum absolute atomic E-state index is 0.0409. The standard InChI is InChI=1S/C17H21NO7/c1-23-8-15(20)18-9-2-3-13-11(4-9)12-5-10(6-16(21)22)24-14(7-19)17(12)25-13/h2-4,10,12,14,17,19H,5-8H2,1H3,(H,18,20)(H,21,22)/t10-,12+,14+,17-/m0/s1. The molecule has 3 rings (SSSR count). The van der Waals surface area contributed by atoms with Gasteiger partial charge in [0.25, 0.3) is 0 Å². The number of aliphatic carboxylic acids is 1. The van der Waals surface area contributed by atoms with Crippen molar-refractivity contribution >= 4 is 17.6 Å². The SMILES string of the molecule is COCC(=O)Nc1ccc2c(c1)[C@H]1C[C@@H](CC(=O)O)O[C@H](CO)[C@H]1O2. The van der Waals surface area contributed by atoms with Crippen LogP contribution in [0.15, 0.2) is 18.2 Å². The number of carboxylic acid groups (broad SMARTS) is 1. The van der Waals surface area contributed by atoms with Gasteiger partial charge in [-0.3, -0.25) is 9.59 Å². The Kier molecular flexibility index (Phi) is 5.22. The molecule has 1 aromatic carbocycles. The molecule has 2 aliphatic rings. The van der Waals surface area contributed by atoms with Gasteiger partial charge in [0, 0.05) is 24.3 Å². The van der Waals surface area contributed by atoms with Crippen molar-refractivity contribution in [1.82, 2.24) is 0 Å². The van der Waals surface area contributed by atoms with Crippen LogP contribution in [0.5, 0.6) is 5.75 Å². The molecule has 2 aliphatic heterocycles. The number of anilines is 1. The molecule has 8 heteroatoms. The average molecular weight is 351 g/mol. The molecule has 25 heavy (non-hydrogen) atoms. The first-order valence-electron chi connectivity index (χ1n) is 8.09. The van der Waals surface area contributed by atoms with Gasteiger partial charge in [0.05, 0.1) is 19.1 Å². The summed E-state index contributed by atoms with van der Waals surface area (Å²) in [6.45, 7) is -0.288. The molecule has 2 heterocycles. The number of hydrogen-bond donors (Lipinski definition) is 3. The minimum atomic E-state index is -0.945. The molecule has 1 fully saturated rings. The molecule has 3 N–H and O–H groups in total. The maximum absolute atomic E-state index is 11.7. The maximum atomic E-state index is 11.7. The molecule has 0 aliphatic carbocycles. The second-order valence-electron chi connectivity index (χ2n) is 6.24. The molecule has 1 saturated heterocycles. The fourth-order valence-corrected chi connectivity index (χ4v) is 3.49. The Morgan fingerprint density at radius 2 is 2.20 bits per heavy atom. The largest absolute Gasteiger partial charge is 0.487 e. The summed E-state index contributed by atoms with van der Waals surface area (Å²) in [6.07, 6.45) is -1.08. The normalized spacial score (nSPS) is 27.1. The Hall–Kier alpha value is -2.16. The number of carboxylic acids is 1. The number of ether oxygens (including phenoxy) is 3. The Morgan fingerprint density at radius 3 is 2.88 bits per heavy atom. The number of aliphatic hydroxyl groups is 1. The number of fused-ring (bicyclic) bond motifs is 3. The van der Waals surface area contributed by atoms with Crippen LogP contribution in [-0.4, -0.2) is 60.7 Å². The summed E-state index contributed by atoms with van der Waals surface area (Å²) >= 11 is 0. The van der Waals surface area contributed by atoms with Crippen molar-refractivity contribution in [2.45, 2.75) is 37.1 Å². The van der Waals surface area contributed by atoms with Gasteiger partial charge in [0.1, 0.15) is 24.6 Å². The van der Waals surface area contributed by atoms with Crippen LogP contribution in [0.3, 0.4) is 0 Å². The van der Waals surface area contributed by atoms with Gasteiger partial charge in [-0.1, -0.05) is 0 Å². The van der Waals surface area contributed by atoms with E-state index in [2.05, 4.69) is 5.32 Å². The zero-order valence-electron chi connectivity index (χ0n) is 13.8. The lowest BCUT2D eigenvalue weighted by Crippen LogP contribution is -2.46. The van der Waals surface area contributed by atoms with Gasteiger partial charge in [0.15, 0.2) is 0 Å². The summed E-state index contributed by atoms with van der Waals surface area (Å²) < 4.78 is 16.4. The number of amides is 1. The highest BCUT2D eigenvalue weighted by atomic mass is 16.6. The fraction of sp³-hybridized carbons (Fsp3) is 0.529. The average Bonchev–Trinajstić information content (AvgIpc) is 2.92. The summed E-state index contributed by atoms with van der Waals surface area (Å²) in [5, 5.41) is 21.3. The second kappa shape index (κ2) is 7.38. The topological polar surface area (TPSA) is 114 Å². The van der Waals surface area contributed by atoms with Crippen LogP contribution in [-0.2, 0) is 19.1 Å². The molecule has 136 valence electrons. The molecular weight excluding hydrogens is 330 g/mol. The molecular formula is C17H21NO7. The van der Waals surface area contributed by atoms with Crippen LogP contribution < -0.4 is 10.1 Å². The number of methoxy groups -OCH3 is 1. The first-order valence-corrected chi connectivity index (χ1v) is 8.09. The van der Waals surface area contributed by atoms with Crippen molar-refractivity contribution in [3.63, 3.8) is 0 Å². The third kappa shape index (κ3) is 3.76. The van der Waals surface area contributed by atoms with Crippen LogP contribution in [0.25, 0.3) is 0 Å². The lowest BCUT2D eigenvalue weighted by Gasteiger charge is -2.36. The molecule has 0 aromatic heterocycles. The summed E-state index contributed by atoms with van der Waals surface area (Å²) in [5.74, 6) is -0.635. The lowest BCUT2D eigenvalue weighted by atomic mass is 9.84. The van der Waals surface area contributed by atoms with E-state index < -0.39 is 18.2 Å². The minimum Gasteiger partial charge on any atom is -0.487 e. The summed E-state index contributed by atoms with van der Waals surface area (Å²) in [7, 11) is 1.44. The molecule has 8 nitrogen and oxygen atoms in total. The van der Waals surface area contributed by atoms with E-state index in [1.807, 2.05) is 6.07 Å². The summed E-state index contributed by atoms with van der Waals surface area (Å²) in [4.78, 5) is 22.7. The van der Waals surface area contributed by atoms with Crippen molar-refractivity contribution in [2.24, 2.45) is 0 Å². The second-order valence-corrected chi connectivity index (χ2v) is 6.24. The number of nitrogens with one attached hydrogen (secondary N) is 1. The Morgan fingerprint density at radius 1 is 1.40 bits per heavy atom. The quantitative estimate of drug-likeness (QED) is 0.692. The Labute approximate surface area is 144 Å². The van der Waals surface area contributed by atoms with Gasteiger partial charge in [-0.15, -0.1) is 0 Å². The third-order valence-corrected chi connectivity index (χ3v) is 4.46. The van der Waals surface area contributed by atoms with Crippen LogP contribution in [0.4, 0.5) is 5.69 Å². The molecule has 0 saturated carbocycles. The van der Waals surface area contributed by atoms with Crippen molar-refractivity contribution in [1.29, 1.82) is 0 Å². The zero-order valence-corrected chi connectivity index (χ0v) is 13.8. The Balaban J connectivity index is 1.81. The van der Waals surface area contributed by atoms with Crippen LogP contribution >= 0.6 is 0 Å². The van der Waals surface area contributed by atoms with Gasteiger partial charge in [-0.25, -0.2) is 0 Å². The van der Waals surface area contributed by atoms with Crippen LogP contribution in [0.2, 0.25) is 0 Å². The van der Waals surface area contributed by atoms with Gasteiger partial charge in [0.2, 0.25) is 5.91 Å². The molecule has 0 bridgehead atoms. The maximum Gasteiger partial charge on any atom is 0.305 e. The van der Waals surface area contributed by atoms with Crippen molar-refractivity contribution in [3.05, 3.63) is 23.8 Å². The number of carbonyl (C=O) groups excluding carboxylic acids is 1. The number of rotatable bonds is 6.